The predicted molar refractivity (Wildman–Crippen MR) is 99.0 cm³/mol. The average Bonchev–Trinajstić information content (AvgIpc) is 2.59. The Morgan fingerprint density at radius 2 is 1.96 bits per heavy atom. The van der Waals surface area contributed by atoms with Gasteiger partial charge < -0.3 is 15.0 Å². The van der Waals surface area contributed by atoms with E-state index in [9.17, 15) is 14.0 Å². The van der Waals surface area contributed by atoms with Gasteiger partial charge in [0, 0.05) is 18.5 Å². The lowest BCUT2D eigenvalue weighted by Gasteiger charge is -2.21. The highest BCUT2D eigenvalue weighted by atomic mass is 35.5. The number of nitrogens with zero attached hydrogens (tertiary/aromatic N) is 1. The number of nitrogens with one attached hydrogen (secondary N) is 1. The van der Waals surface area contributed by atoms with Gasteiger partial charge in [-0.1, -0.05) is 29.8 Å². The van der Waals surface area contributed by atoms with Crippen LogP contribution in [0, 0.1) is 5.82 Å². The molecule has 2 aromatic rings. The minimum atomic E-state index is -0.394. The number of benzene rings is 2. The fraction of sp³-hybridized carbons (Fsp3) is 0.263. The van der Waals surface area contributed by atoms with Crippen molar-refractivity contribution in [3.63, 3.8) is 0 Å². The number of hydrogen-bond donors (Lipinski definition) is 1. The van der Waals surface area contributed by atoms with Crippen LogP contribution < -0.4 is 10.1 Å². The standard InChI is InChI=1S/C19H20ClFN2O3/c1-13(24)23(10-9-14-5-3-4-6-16(14)21)12-19(25)22-17-11-15(20)7-8-18(17)26-2/h3-8,11H,9-10,12H2,1-2H3,(H,22,25). The smallest absolute Gasteiger partial charge is 0.244 e. The van der Waals surface area contributed by atoms with E-state index in [4.69, 9.17) is 16.3 Å². The maximum atomic E-state index is 13.7. The molecule has 2 rings (SSSR count). The SMILES string of the molecule is COc1ccc(Cl)cc1NC(=O)CN(CCc1ccccc1F)C(C)=O. The lowest BCUT2D eigenvalue weighted by Crippen LogP contribution is -2.38. The van der Waals surface area contributed by atoms with E-state index in [0.717, 1.165) is 0 Å². The molecule has 0 bridgehead atoms. The highest BCUT2D eigenvalue weighted by Gasteiger charge is 2.16. The second-order valence-electron chi connectivity index (χ2n) is 5.67. The summed E-state index contributed by atoms with van der Waals surface area (Å²) >= 11 is 5.94. The summed E-state index contributed by atoms with van der Waals surface area (Å²) in [6.45, 7) is 1.45. The van der Waals surface area contributed by atoms with Crippen LogP contribution in [-0.2, 0) is 16.0 Å². The first kappa shape index (κ1) is 19.7. The maximum absolute atomic E-state index is 13.7. The van der Waals surface area contributed by atoms with Crippen LogP contribution in [-0.4, -0.2) is 36.9 Å². The zero-order chi connectivity index (χ0) is 19.1. The number of anilines is 1. The quantitative estimate of drug-likeness (QED) is 0.802. The highest BCUT2D eigenvalue weighted by Crippen LogP contribution is 2.27. The Kier molecular flexibility index (Phi) is 6.97. The van der Waals surface area contributed by atoms with Crippen LogP contribution in [0.4, 0.5) is 10.1 Å². The third-order valence-corrected chi connectivity index (χ3v) is 4.06. The van der Waals surface area contributed by atoms with E-state index in [1.54, 1.807) is 36.4 Å². The molecule has 138 valence electrons. The summed E-state index contributed by atoms with van der Waals surface area (Å²) in [5, 5.41) is 3.13. The summed E-state index contributed by atoms with van der Waals surface area (Å²) in [4.78, 5) is 25.5. The molecule has 0 radical (unpaired) electrons. The number of halogens is 2. The third kappa shape index (κ3) is 5.46. The van der Waals surface area contributed by atoms with Crippen LogP contribution in [0.5, 0.6) is 5.75 Å². The fourth-order valence-electron chi connectivity index (χ4n) is 2.45. The van der Waals surface area contributed by atoms with Crippen LogP contribution in [0.25, 0.3) is 0 Å². The Bertz CT molecular complexity index is 798. The predicted octanol–water partition coefficient (Wildman–Crippen LogP) is 3.52. The van der Waals surface area contributed by atoms with Gasteiger partial charge in [-0.2, -0.15) is 0 Å². The van der Waals surface area contributed by atoms with Crippen molar-refractivity contribution in [1.82, 2.24) is 4.90 Å². The van der Waals surface area contributed by atoms with Gasteiger partial charge in [-0.15, -0.1) is 0 Å². The van der Waals surface area contributed by atoms with E-state index in [0.29, 0.717) is 28.4 Å². The molecule has 2 aromatic carbocycles. The largest absolute Gasteiger partial charge is 0.495 e. The number of carbonyl (C=O) groups is 2. The van der Waals surface area contributed by atoms with Gasteiger partial charge in [-0.3, -0.25) is 9.59 Å². The van der Waals surface area contributed by atoms with Crippen molar-refractivity contribution in [2.45, 2.75) is 13.3 Å². The van der Waals surface area contributed by atoms with Crippen LogP contribution in [0.3, 0.4) is 0 Å². The molecule has 0 fully saturated rings. The first-order valence-corrected chi connectivity index (χ1v) is 8.41. The van der Waals surface area contributed by atoms with Gasteiger partial charge in [-0.25, -0.2) is 4.39 Å². The highest BCUT2D eigenvalue weighted by molar-refractivity contribution is 6.31. The van der Waals surface area contributed by atoms with E-state index < -0.39 is 5.91 Å². The molecule has 26 heavy (non-hydrogen) atoms. The summed E-state index contributed by atoms with van der Waals surface area (Å²) < 4.78 is 18.9. The first-order chi connectivity index (χ1) is 12.4. The molecule has 0 unspecified atom stereocenters. The monoisotopic (exact) mass is 378 g/mol. The Balaban J connectivity index is 2.01. The molecule has 0 saturated carbocycles. The fourth-order valence-corrected chi connectivity index (χ4v) is 2.62. The first-order valence-electron chi connectivity index (χ1n) is 8.03. The Morgan fingerprint density at radius 1 is 1.23 bits per heavy atom. The molecule has 1 N–H and O–H groups in total. The molecule has 0 heterocycles. The van der Waals surface area contributed by atoms with Crippen molar-refractivity contribution in [3.05, 3.63) is 58.9 Å². The van der Waals surface area contributed by atoms with Crippen LogP contribution in [0.1, 0.15) is 12.5 Å². The second-order valence-corrected chi connectivity index (χ2v) is 6.11. The molecule has 2 amide bonds. The van der Waals surface area contributed by atoms with Crippen molar-refractivity contribution < 1.29 is 18.7 Å². The van der Waals surface area contributed by atoms with E-state index in [2.05, 4.69) is 5.32 Å². The molecule has 0 aliphatic heterocycles. The molecular formula is C19H20ClFN2O3. The molecule has 0 aromatic heterocycles. The molecule has 0 aliphatic rings. The Labute approximate surface area is 156 Å². The zero-order valence-corrected chi connectivity index (χ0v) is 15.3. The minimum absolute atomic E-state index is 0.153. The zero-order valence-electron chi connectivity index (χ0n) is 14.6. The Morgan fingerprint density at radius 3 is 2.62 bits per heavy atom. The summed E-state index contributed by atoms with van der Waals surface area (Å²) in [6.07, 6.45) is 0.319. The van der Waals surface area contributed by atoms with Crippen LogP contribution in [0.2, 0.25) is 5.02 Å². The molecule has 0 atom stereocenters. The number of hydrogen-bond acceptors (Lipinski definition) is 3. The number of rotatable bonds is 7. The van der Waals surface area contributed by atoms with Gasteiger partial charge in [0.15, 0.2) is 0 Å². The molecule has 5 nitrogen and oxygen atoms in total. The summed E-state index contributed by atoms with van der Waals surface area (Å²) in [6, 6.07) is 11.2. The number of carbonyl (C=O) groups excluding carboxylic acids is 2. The van der Waals surface area contributed by atoms with E-state index >= 15 is 0 Å². The normalized spacial score (nSPS) is 10.3. The number of methoxy groups -OCH3 is 1. The van der Waals surface area contributed by atoms with E-state index in [1.807, 2.05) is 0 Å². The summed E-state index contributed by atoms with van der Waals surface area (Å²) in [5.74, 6) is -0.531. The summed E-state index contributed by atoms with van der Waals surface area (Å²) in [5.41, 5.74) is 0.915. The molecule has 0 spiro atoms. The third-order valence-electron chi connectivity index (χ3n) is 3.82. The van der Waals surface area contributed by atoms with Gasteiger partial charge in [0.2, 0.25) is 11.8 Å². The topological polar surface area (TPSA) is 58.6 Å². The van der Waals surface area contributed by atoms with Gasteiger partial charge in [0.05, 0.1) is 19.3 Å². The molecule has 0 saturated heterocycles. The van der Waals surface area contributed by atoms with Gasteiger partial charge >= 0.3 is 0 Å². The summed E-state index contributed by atoms with van der Waals surface area (Å²) in [7, 11) is 1.48. The lowest BCUT2D eigenvalue weighted by molar-refractivity contribution is -0.132. The number of ether oxygens (including phenoxy) is 1. The Hall–Kier alpha value is -2.60. The second kappa shape index (κ2) is 9.20. The molecular weight excluding hydrogens is 359 g/mol. The van der Waals surface area contributed by atoms with Crippen molar-refractivity contribution in [1.29, 1.82) is 0 Å². The maximum Gasteiger partial charge on any atom is 0.244 e. The lowest BCUT2D eigenvalue weighted by atomic mass is 10.1. The van der Waals surface area contributed by atoms with Crippen LogP contribution in [0.15, 0.2) is 42.5 Å². The minimum Gasteiger partial charge on any atom is -0.495 e. The number of amides is 2. The van der Waals surface area contributed by atoms with Gasteiger partial charge in [-0.05, 0) is 36.2 Å². The van der Waals surface area contributed by atoms with Gasteiger partial charge in [0.25, 0.3) is 0 Å². The average molecular weight is 379 g/mol. The van der Waals surface area contributed by atoms with Crippen LogP contribution >= 0.6 is 11.6 Å². The van der Waals surface area contributed by atoms with Crippen molar-refractivity contribution >= 4 is 29.1 Å². The van der Waals surface area contributed by atoms with Gasteiger partial charge in [0.1, 0.15) is 11.6 Å². The van der Waals surface area contributed by atoms with E-state index in [1.165, 1.54) is 25.0 Å². The molecule has 7 heteroatoms. The molecule has 0 aliphatic carbocycles. The van der Waals surface area contributed by atoms with Crippen molar-refractivity contribution in [2.24, 2.45) is 0 Å². The van der Waals surface area contributed by atoms with E-state index in [-0.39, 0.29) is 24.8 Å². The van der Waals surface area contributed by atoms with Crippen molar-refractivity contribution in [3.8, 4) is 5.75 Å². The van der Waals surface area contributed by atoms with Crippen molar-refractivity contribution in [2.75, 3.05) is 25.5 Å².